The van der Waals surface area contributed by atoms with Gasteiger partial charge in [-0.15, -0.1) is 0 Å². The van der Waals surface area contributed by atoms with E-state index in [2.05, 4.69) is 18.3 Å². The van der Waals surface area contributed by atoms with E-state index in [4.69, 9.17) is 9.15 Å². The van der Waals surface area contributed by atoms with Crippen molar-refractivity contribution in [3.63, 3.8) is 0 Å². The van der Waals surface area contributed by atoms with Crippen LogP contribution in [-0.4, -0.2) is 19.3 Å². The minimum Gasteiger partial charge on any atom is -0.465 e. The zero-order valence-corrected chi connectivity index (χ0v) is 11.0. The largest absolute Gasteiger partial charge is 0.465 e. The molecule has 3 atom stereocenters. The SMILES string of the molecule is COC1CCCCC1NC(C)c1ccc(C)o1. The van der Waals surface area contributed by atoms with E-state index in [1.165, 1.54) is 19.3 Å². The fraction of sp³-hybridized carbons (Fsp3) is 0.714. The quantitative estimate of drug-likeness (QED) is 0.873. The summed E-state index contributed by atoms with van der Waals surface area (Å²) in [6.45, 7) is 4.13. The summed E-state index contributed by atoms with van der Waals surface area (Å²) in [4.78, 5) is 0. The van der Waals surface area contributed by atoms with E-state index in [1.807, 2.05) is 20.1 Å². The topological polar surface area (TPSA) is 34.4 Å². The molecule has 1 aliphatic rings. The van der Waals surface area contributed by atoms with Crippen LogP contribution in [0, 0.1) is 6.92 Å². The molecule has 1 aromatic rings. The lowest BCUT2D eigenvalue weighted by Crippen LogP contribution is -2.44. The Hall–Kier alpha value is -0.800. The number of aryl methyl sites for hydroxylation is 1. The molecule has 3 nitrogen and oxygen atoms in total. The summed E-state index contributed by atoms with van der Waals surface area (Å²) < 4.78 is 11.2. The Morgan fingerprint density at radius 1 is 1.35 bits per heavy atom. The van der Waals surface area contributed by atoms with Gasteiger partial charge in [0.15, 0.2) is 0 Å². The highest BCUT2D eigenvalue weighted by atomic mass is 16.5. The van der Waals surface area contributed by atoms with E-state index in [0.717, 1.165) is 17.9 Å². The van der Waals surface area contributed by atoms with Crippen molar-refractivity contribution in [1.82, 2.24) is 5.32 Å². The van der Waals surface area contributed by atoms with E-state index in [9.17, 15) is 0 Å². The Morgan fingerprint density at radius 2 is 2.12 bits per heavy atom. The van der Waals surface area contributed by atoms with Gasteiger partial charge in [-0.25, -0.2) is 0 Å². The third kappa shape index (κ3) is 3.11. The van der Waals surface area contributed by atoms with Gasteiger partial charge in [0.05, 0.1) is 12.1 Å². The van der Waals surface area contributed by atoms with E-state index in [1.54, 1.807) is 0 Å². The minimum absolute atomic E-state index is 0.254. The highest BCUT2D eigenvalue weighted by Gasteiger charge is 2.26. The summed E-state index contributed by atoms with van der Waals surface area (Å²) in [6.07, 6.45) is 5.29. The first kappa shape index (κ1) is 12.7. The van der Waals surface area contributed by atoms with Gasteiger partial charge in [-0.05, 0) is 38.8 Å². The van der Waals surface area contributed by atoms with Gasteiger partial charge >= 0.3 is 0 Å². The lowest BCUT2D eigenvalue weighted by Gasteiger charge is -2.33. The van der Waals surface area contributed by atoms with Crippen molar-refractivity contribution in [2.75, 3.05) is 7.11 Å². The van der Waals surface area contributed by atoms with Crippen LogP contribution in [0.4, 0.5) is 0 Å². The van der Waals surface area contributed by atoms with Crippen molar-refractivity contribution < 1.29 is 9.15 Å². The summed E-state index contributed by atoms with van der Waals surface area (Å²) in [6, 6.07) is 4.78. The summed E-state index contributed by atoms with van der Waals surface area (Å²) in [5, 5.41) is 3.63. The normalized spacial score (nSPS) is 27.0. The van der Waals surface area contributed by atoms with Crippen LogP contribution < -0.4 is 5.32 Å². The Labute approximate surface area is 104 Å². The van der Waals surface area contributed by atoms with E-state index < -0.39 is 0 Å². The molecule has 0 radical (unpaired) electrons. The minimum atomic E-state index is 0.254. The molecule has 1 heterocycles. The Kier molecular flexibility index (Phi) is 4.24. The van der Waals surface area contributed by atoms with Gasteiger partial charge in [-0.2, -0.15) is 0 Å². The molecule has 1 saturated carbocycles. The highest BCUT2D eigenvalue weighted by Crippen LogP contribution is 2.24. The monoisotopic (exact) mass is 237 g/mol. The second-order valence-electron chi connectivity index (χ2n) is 5.00. The van der Waals surface area contributed by atoms with E-state index >= 15 is 0 Å². The highest BCUT2D eigenvalue weighted by molar-refractivity contribution is 5.09. The van der Waals surface area contributed by atoms with Crippen molar-refractivity contribution >= 4 is 0 Å². The molecule has 1 fully saturated rings. The number of nitrogens with one attached hydrogen (secondary N) is 1. The molecule has 3 unspecified atom stereocenters. The van der Waals surface area contributed by atoms with Crippen LogP contribution in [0.5, 0.6) is 0 Å². The molecule has 2 rings (SSSR count). The predicted octanol–water partition coefficient (Wildman–Crippen LogP) is 3.20. The van der Waals surface area contributed by atoms with Gasteiger partial charge in [0.1, 0.15) is 11.5 Å². The maximum Gasteiger partial charge on any atom is 0.120 e. The molecule has 0 amide bonds. The van der Waals surface area contributed by atoms with Crippen LogP contribution in [0.3, 0.4) is 0 Å². The Balaban J connectivity index is 1.94. The molecule has 1 aliphatic carbocycles. The zero-order chi connectivity index (χ0) is 12.3. The van der Waals surface area contributed by atoms with Crippen molar-refractivity contribution in [3.8, 4) is 0 Å². The van der Waals surface area contributed by atoms with Crippen LogP contribution >= 0.6 is 0 Å². The van der Waals surface area contributed by atoms with Crippen molar-refractivity contribution in [1.29, 1.82) is 0 Å². The van der Waals surface area contributed by atoms with Gasteiger partial charge in [0, 0.05) is 13.2 Å². The molecule has 17 heavy (non-hydrogen) atoms. The first-order valence-electron chi connectivity index (χ1n) is 6.56. The lowest BCUT2D eigenvalue weighted by molar-refractivity contribution is 0.0374. The number of methoxy groups -OCH3 is 1. The van der Waals surface area contributed by atoms with Crippen LogP contribution in [0.1, 0.15) is 50.2 Å². The summed E-state index contributed by atoms with van der Waals surface area (Å²) in [7, 11) is 1.81. The average molecular weight is 237 g/mol. The molecular formula is C14H23NO2. The van der Waals surface area contributed by atoms with Crippen LogP contribution in [-0.2, 0) is 4.74 Å². The smallest absolute Gasteiger partial charge is 0.120 e. The number of hydrogen-bond acceptors (Lipinski definition) is 3. The number of hydrogen-bond donors (Lipinski definition) is 1. The molecule has 0 spiro atoms. The van der Waals surface area contributed by atoms with Crippen molar-refractivity contribution in [2.45, 2.75) is 57.7 Å². The molecule has 3 heteroatoms. The predicted molar refractivity (Wildman–Crippen MR) is 68.0 cm³/mol. The Bertz CT molecular complexity index is 348. The Morgan fingerprint density at radius 3 is 2.76 bits per heavy atom. The van der Waals surface area contributed by atoms with Gasteiger partial charge in [-0.3, -0.25) is 0 Å². The first-order valence-corrected chi connectivity index (χ1v) is 6.56. The molecule has 0 aromatic carbocycles. The average Bonchev–Trinajstić information content (AvgIpc) is 2.77. The standard InChI is InChI=1S/C14H23NO2/c1-10-8-9-13(17-10)11(2)15-12-6-4-5-7-14(12)16-3/h8-9,11-12,14-15H,4-7H2,1-3H3. The fourth-order valence-corrected chi connectivity index (χ4v) is 2.66. The van der Waals surface area contributed by atoms with Crippen molar-refractivity contribution in [2.24, 2.45) is 0 Å². The lowest BCUT2D eigenvalue weighted by atomic mass is 9.92. The second kappa shape index (κ2) is 5.69. The molecule has 1 N–H and O–H groups in total. The molecule has 0 bridgehead atoms. The molecule has 0 saturated heterocycles. The third-order valence-electron chi connectivity index (χ3n) is 3.66. The van der Waals surface area contributed by atoms with Gasteiger partial charge in [-0.1, -0.05) is 12.8 Å². The van der Waals surface area contributed by atoms with Crippen molar-refractivity contribution in [3.05, 3.63) is 23.7 Å². The third-order valence-corrected chi connectivity index (χ3v) is 3.66. The maximum atomic E-state index is 5.65. The summed E-state index contributed by atoms with van der Waals surface area (Å²) >= 11 is 0. The number of ether oxygens (including phenoxy) is 1. The summed E-state index contributed by atoms with van der Waals surface area (Å²) in [5.74, 6) is 1.99. The van der Waals surface area contributed by atoms with Gasteiger partial charge in [0.2, 0.25) is 0 Å². The first-order chi connectivity index (χ1) is 8.20. The molecule has 96 valence electrons. The van der Waals surface area contributed by atoms with Crippen LogP contribution in [0.15, 0.2) is 16.5 Å². The van der Waals surface area contributed by atoms with Gasteiger partial charge < -0.3 is 14.5 Å². The molecular weight excluding hydrogens is 214 g/mol. The van der Waals surface area contributed by atoms with Crippen LogP contribution in [0.25, 0.3) is 0 Å². The summed E-state index contributed by atoms with van der Waals surface area (Å²) in [5.41, 5.74) is 0. The molecule has 0 aliphatic heterocycles. The van der Waals surface area contributed by atoms with Gasteiger partial charge in [0.25, 0.3) is 0 Å². The van der Waals surface area contributed by atoms with E-state index in [0.29, 0.717) is 12.1 Å². The van der Waals surface area contributed by atoms with E-state index in [-0.39, 0.29) is 6.04 Å². The van der Waals surface area contributed by atoms with Crippen LogP contribution in [0.2, 0.25) is 0 Å². The maximum absolute atomic E-state index is 5.65. The number of furan rings is 1. The molecule has 1 aromatic heterocycles. The fourth-order valence-electron chi connectivity index (χ4n) is 2.66. The zero-order valence-electron chi connectivity index (χ0n) is 11.0. The number of rotatable bonds is 4. The second-order valence-corrected chi connectivity index (χ2v) is 5.00.